The molecular formula is C38H32O2PRe. The minimum absolute atomic E-state index is 0. The monoisotopic (exact) mass is 738 g/mol. The number of rotatable bonds is 5. The Morgan fingerprint density at radius 1 is 0.667 bits per heavy atom. The van der Waals surface area contributed by atoms with Crippen LogP contribution in [0.5, 0.6) is 0 Å². The Bertz CT molecular complexity index is 1450. The van der Waals surface area contributed by atoms with E-state index in [-0.39, 0.29) is 32.0 Å². The van der Waals surface area contributed by atoms with E-state index in [1.807, 2.05) is 30.7 Å². The number of hydrogen-bond donors (Lipinski definition) is 0. The van der Waals surface area contributed by atoms with Crippen LogP contribution in [0.15, 0.2) is 152 Å². The summed E-state index contributed by atoms with van der Waals surface area (Å²) in [4.78, 5) is 0. The predicted molar refractivity (Wildman–Crippen MR) is 171 cm³/mol. The molecule has 4 aromatic rings. The van der Waals surface area contributed by atoms with E-state index in [9.17, 15) is 0 Å². The number of benzene rings is 4. The van der Waals surface area contributed by atoms with Crippen LogP contribution in [0.25, 0.3) is 5.31 Å². The maximum Gasteiger partial charge on any atom is 0.00506 e. The van der Waals surface area contributed by atoms with Gasteiger partial charge in [0.05, 0.1) is 12.9 Å². The van der Waals surface area contributed by atoms with Crippen LogP contribution in [0.4, 0.5) is 0 Å². The zero-order valence-electron chi connectivity index (χ0n) is 23.4. The zero-order chi connectivity index (χ0) is 29.5. The molecule has 2 nitrogen and oxygen atoms in total. The molecule has 1 aliphatic heterocycles. The quantitative estimate of drug-likeness (QED) is 0.0855. The summed E-state index contributed by atoms with van der Waals surface area (Å²) in [6.07, 6.45) is 16.2. The van der Waals surface area contributed by atoms with Crippen molar-refractivity contribution in [1.82, 2.24) is 0 Å². The average molecular weight is 738 g/mol. The van der Waals surface area contributed by atoms with Gasteiger partial charge in [0.15, 0.2) is 0 Å². The van der Waals surface area contributed by atoms with Crippen LogP contribution in [0, 0.1) is 32.7 Å². The minimum atomic E-state index is -2.04. The first-order valence-electron chi connectivity index (χ1n) is 13.2. The first kappa shape index (κ1) is 34.6. The van der Waals surface area contributed by atoms with Crippen LogP contribution in [-0.2, 0) is 29.7 Å². The van der Waals surface area contributed by atoms with Gasteiger partial charge in [-0.25, -0.2) is 6.08 Å². The molecule has 2 aliphatic rings. The Labute approximate surface area is 265 Å². The molecule has 4 heteroatoms. The molecular weight excluding hydrogens is 706 g/mol. The van der Waals surface area contributed by atoms with E-state index < -0.39 is 7.26 Å². The molecule has 6 rings (SSSR count). The van der Waals surface area contributed by atoms with E-state index in [0.717, 1.165) is 0 Å². The second kappa shape index (κ2) is 18.1. The molecule has 2 atom stereocenters. The van der Waals surface area contributed by atoms with Crippen molar-refractivity contribution in [3.05, 3.63) is 195 Å². The minimum Gasteiger partial charge on any atom is -0.0767 e. The van der Waals surface area contributed by atoms with Gasteiger partial charge in [-0.15, -0.1) is 17.7 Å². The summed E-state index contributed by atoms with van der Waals surface area (Å²) in [6.45, 7) is 15.5. The molecule has 0 aromatic heterocycles. The molecule has 2 radical (unpaired) electrons. The molecule has 42 heavy (non-hydrogen) atoms. The van der Waals surface area contributed by atoms with Gasteiger partial charge in [0.1, 0.15) is 10.6 Å². The Hall–Kier alpha value is -3.59. The van der Waals surface area contributed by atoms with Gasteiger partial charge < -0.3 is 0 Å². The van der Waals surface area contributed by atoms with E-state index in [1.54, 1.807) is 0 Å². The molecule has 1 aliphatic carbocycles. The van der Waals surface area contributed by atoms with Gasteiger partial charge in [0, 0.05) is 26.8 Å². The third-order valence-corrected chi connectivity index (χ3v) is 11.8. The Morgan fingerprint density at radius 2 is 1.12 bits per heavy atom. The van der Waals surface area contributed by atoms with Gasteiger partial charge in [-0.3, -0.25) is 0 Å². The second-order valence-electron chi connectivity index (χ2n) is 9.33. The first-order valence-corrected chi connectivity index (χ1v) is 15.1. The molecule has 0 saturated heterocycles. The van der Waals surface area contributed by atoms with Crippen molar-refractivity contribution in [2.24, 2.45) is 0 Å². The largest absolute Gasteiger partial charge is 0.0767 e. The zero-order valence-corrected chi connectivity index (χ0v) is 27.0. The maximum absolute atomic E-state index is 7.50. The smallest absolute Gasteiger partial charge is 0.00506 e. The van der Waals surface area contributed by atoms with Crippen molar-refractivity contribution in [3.63, 3.8) is 0 Å². The van der Waals surface area contributed by atoms with Crippen molar-refractivity contribution in [2.75, 3.05) is 0 Å². The standard InChI is InChI=1S/C31H27P.C5H5.2CO.Re/c1-3-30-29(25-21-19-24(2)20-22-25)23-31(26-13-7-4-8-14-26)32(30,27-15-9-5-10-16-27)28-17-11-6-12-18-28;1-2-4-5-3-1;2*1-2;/h3-22,29-30H,1H2,2H3;1-5H;;;. The van der Waals surface area contributed by atoms with Crippen molar-refractivity contribution >= 4 is 23.2 Å². The van der Waals surface area contributed by atoms with Crippen LogP contribution >= 0.6 is 7.26 Å². The number of hydrogen-bond acceptors (Lipinski definition) is 0. The third kappa shape index (κ3) is 7.62. The van der Waals surface area contributed by atoms with Gasteiger partial charge >= 0.3 is 22.6 Å². The molecule has 0 bridgehead atoms. The molecule has 0 fully saturated rings. The Kier molecular flexibility index (Phi) is 14.9. The van der Waals surface area contributed by atoms with Crippen molar-refractivity contribution in [3.8, 4) is 0 Å². The first-order chi connectivity index (χ1) is 20.2. The van der Waals surface area contributed by atoms with Gasteiger partial charge in [0.2, 0.25) is 0 Å². The Morgan fingerprint density at radius 3 is 1.52 bits per heavy atom. The summed E-state index contributed by atoms with van der Waals surface area (Å²) in [5.74, 6) is 0.164. The second-order valence-corrected chi connectivity index (χ2v) is 12.9. The number of aryl methyl sites for hydroxylation is 1. The van der Waals surface area contributed by atoms with Gasteiger partial charge in [0.25, 0.3) is 0 Å². The van der Waals surface area contributed by atoms with Gasteiger partial charge in [-0.1, -0.05) is 132 Å². The van der Waals surface area contributed by atoms with Crippen molar-refractivity contribution < 1.29 is 29.7 Å². The topological polar surface area (TPSA) is 39.8 Å². The van der Waals surface area contributed by atoms with E-state index in [2.05, 4.69) is 154 Å². The molecule has 2 unspecified atom stereocenters. The molecule has 0 spiro atoms. The molecule has 1 heterocycles. The number of allylic oxidation sites excluding steroid dienone is 6. The van der Waals surface area contributed by atoms with Crippen LogP contribution < -0.4 is 10.6 Å². The molecule has 0 N–H and O–H groups in total. The van der Waals surface area contributed by atoms with Crippen LogP contribution in [0.3, 0.4) is 0 Å². The van der Waals surface area contributed by atoms with Gasteiger partial charge in [-0.05, 0) is 37.1 Å². The average Bonchev–Trinajstić information content (AvgIpc) is 3.76. The van der Waals surface area contributed by atoms with Gasteiger partial charge in [-0.2, -0.15) is 0 Å². The summed E-state index contributed by atoms with van der Waals surface area (Å²) >= 11 is 0. The fraction of sp³-hybridized carbons (Fsp3) is 0.0789. The van der Waals surface area contributed by atoms with Crippen molar-refractivity contribution in [1.29, 1.82) is 0 Å². The summed E-state index contributed by atoms with van der Waals surface area (Å²) in [7, 11) is -2.04. The molecule has 4 aromatic carbocycles. The summed E-state index contributed by atoms with van der Waals surface area (Å²) in [5, 5.41) is 4.11. The van der Waals surface area contributed by atoms with Crippen LogP contribution in [0.2, 0.25) is 0 Å². The summed E-state index contributed by atoms with van der Waals surface area (Å²) in [6, 6.07) is 41.9. The fourth-order valence-corrected chi connectivity index (χ4v) is 10.3. The van der Waals surface area contributed by atoms with Crippen LogP contribution in [-0.4, -0.2) is 5.66 Å². The third-order valence-electron chi connectivity index (χ3n) is 7.04. The summed E-state index contributed by atoms with van der Waals surface area (Å²) in [5.41, 5.74) is 4.09. The maximum atomic E-state index is 7.50. The SMILES string of the molecule is C=CC1C(c2ccc(C)cc2)[C-]=C(c2ccccc2)[P+]1(c1ccccc1)c1ccccc1.[C-]#[O+].[C-]#[O+].[CH]1C=CC=C1.[Re]. The molecule has 208 valence electrons. The van der Waals surface area contributed by atoms with E-state index in [1.165, 1.54) is 32.6 Å². The van der Waals surface area contributed by atoms with Crippen LogP contribution in [0.1, 0.15) is 22.6 Å². The van der Waals surface area contributed by atoms with Crippen molar-refractivity contribution in [2.45, 2.75) is 18.5 Å². The van der Waals surface area contributed by atoms with E-state index >= 15 is 0 Å². The predicted octanol–water partition coefficient (Wildman–Crippen LogP) is 8.40. The Balaban J connectivity index is 0.000000543. The molecule has 0 amide bonds. The summed E-state index contributed by atoms with van der Waals surface area (Å²) < 4.78 is 15.0. The van der Waals surface area contributed by atoms with E-state index in [4.69, 9.17) is 9.30 Å². The molecule has 0 saturated carbocycles. The normalized spacial score (nSPS) is 16.9. The van der Waals surface area contributed by atoms with E-state index in [0.29, 0.717) is 0 Å². The fourth-order valence-electron chi connectivity index (χ4n) is 5.34.